The van der Waals surface area contributed by atoms with Crippen LogP contribution in [0, 0.1) is 6.92 Å². The molecule has 35 heavy (non-hydrogen) atoms. The van der Waals surface area contributed by atoms with E-state index in [1.54, 1.807) is 10.9 Å². The van der Waals surface area contributed by atoms with Crippen LogP contribution < -0.4 is 5.32 Å². The van der Waals surface area contributed by atoms with Gasteiger partial charge in [-0.15, -0.1) is 0 Å². The lowest BCUT2D eigenvalue weighted by atomic mass is 10.1. The van der Waals surface area contributed by atoms with E-state index in [0.717, 1.165) is 54.8 Å². The molecule has 7 nitrogen and oxygen atoms in total. The number of aryl methyl sites for hydroxylation is 1. The van der Waals surface area contributed by atoms with Gasteiger partial charge in [0.2, 0.25) is 0 Å². The Balaban J connectivity index is 1.44. The second-order valence-corrected chi connectivity index (χ2v) is 9.22. The van der Waals surface area contributed by atoms with Gasteiger partial charge >= 0.3 is 0 Å². The van der Waals surface area contributed by atoms with Crippen molar-refractivity contribution in [3.63, 3.8) is 0 Å². The quantitative estimate of drug-likeness (QED) is 0.383. The van der Waals surface area contributed by atoms with Crippen molar-refractivity contribution in [1.82, 2.24) is 30.0 Å². The minimum absolute atomic E-state index is 0.0999. The topological polar surface area (TPSA) is 75.9 Å². The summed E-state index contributed by atoms with van der Waals surface area (Å²) >= 11 is 0. The van der Waals surface area contributed by atoms with Crippen LogP contribution in [-0.4, -0.2) is 43.6 Å². The van der Waals surface area contributed by atoms with Crippen molar-refractivity contribution < 1.29 is 4.79 Å². The summed E-state index contributed by atoms with van der Waals surface area (Å²) in [5, 5.41) is 8.64. The molecule has 0 aliphatic heterocycles. The molecule has 1 aliphatic carbocycles. The van der Waals surface area contributed by atoms with Gasteiger partial charge in [-0.25, -0.2) is 9.97 Å². The number of benzene rings is 1. The number of aromatic nitrogens is 4. The summed E-state index contributed by atoms with van der Waals surface area (Å²) in [6.07, 6.45) is 3.95. The molecule has 1 amide bonds. The SMILES string of the molecule is CCN(CC)Cc1cccc(CNC(=O)c2cc(C3CC3)nc3c2c(C)nn3-c2ccccn2)c1. The van der Waals surface area contributed by atoms with Crippen LogP contribution in [0.1, 0.15) is 65.5 Å². The molecule has 0 spiro atoms. The highest BCUT2D eigenvalue weighted by Crippen LogP contribution is 2.40. The minimum atomic E-state index is -0.0999. The first-order valence-electron chi connectivity index (χ1n) is 12.5. The van der Waals surface area contributed by atoms with Gasteiger partial charge in [0.25, 0.3) is 5.91 Å². The number of pyridine rings is 2. The Labute approximate surface area is 206 Å². The molecule has 3 heterocycles. The molecule has 4 aromatic rings. The van der Waals surface area contributed by atoms with Crippen molar-refractivity contribution in [1.29, 1.82) is 0 Å². The minimum Gasteiger partial charge on any atom is -0.348 e. The maximum absolute atomic E-state index is 13.5. The van der Waals surface area contributed by atoms with E-state index in [9.17, 15) is 4.79 Å². The molecule has 1 fully saturated rings. The molecule has 0 unspecified atom stereocenters. The van der Waals surface area contributed by atoms with Crippen LogP contribution in [-0.2, 0) is 13.1 Å². The Kier molecular flexibility index (Phi) is 6.59. The summed E-state index contributed by atoms with van der Waals surface area (Å²) in [5.41, 5.74) is 5.41. The van der Waals surface area contributed by atoms with Crippen molar-refractivity contribution in [2.75, 3.05) is 13.1 Å². The average Bonchev–Trinajstić information content (AvgIpc) is 3.69. The van der Waals surface area contributed by atoms with E-state index >= 15 is 0 Å². The van der Waals surface area contributed by atoms with Crippen molar-refractivity contribution in [3.8, 4) is 5.82 Å². The molecule has 180 valence electrons. The number of amides is 1. The third kappa shape index (κ3) is 4.95. The second-order valence-electron chi connectivity index (χ2n) is 9.22. The molecule has 0 bridgehead atoms. The highest BCUT2D eigenvalue weighted by Gasteiger charge is 2.29. The largest absolute Gasteiger partial charge is 0.348 e. The predicted octanol–water partition coefficient (Wildman–Crippen LogP) is 4.77. The van der Waals surface area contributed by atoms with Gasteiger partial charge in [0.15, 0.2) is 11.5 Å². The summed E-state index contributed by atoms with van der Waals surface area (Å²) in [7, 11) is 0. The van der Waals surface area contributed by atoms with Gasteiger partial charge in [0.1, 0.15) is 0 Å². The van der Waals surface area contributed by atoms with E-state index in [2.05, 4.69) is 53.3 Å². The predicted molar refractivity (Wildman–Crippen MR) is 138 cm³/mol. The first-order valence-corrected chi connectivity index (χ1v) is 12.5. The first-order chi connectivity index (χ1) is 17.1. The second kappa shape index (κ2) is 9.96. The number of fused-ring (bicyclic) bond motifs is 1. The number of nitrogens with one attached hydrogen (secondary N) is 1. The number of nitrogens with zero attached hydrogens (tertiary/aromatic N) is 5. The van der Waals surface area contributed by atoms with Gasteiger partial charge in [-0.2, -0.15) is 9.78 Å². The van der Waals surface area contributed by atoms with Crippen LogP contribution >= 0.6 is 0 Å². The molecular formula is C28H32N6O. The molecule has 3 aromatic heterocycles. The zero-order valence-electron chi connectivity index (χ0n) is 20.7. The van der Waals surface area contributed by atoms with Crippen molar-refractivity contribution in [2.45, 2.75) is 52.6 Å². The summed E-state index contributed by atoms with van der Waals surface area (Å²) < 4.78 is 1.75. The molecule has 0 saturated heterocycles. The molecule has 1 aliphatic rings. The lowest BCUT2D eigenvalue weighted by molar-refractivity contribution is 0.0952. The van der Waals surface area contributed by atoms with Crippen LogP contribution in [0.3, 0.4) is 0 Å². The van der Waals surface area contributed by atoms with E-state index in [1.807, 2.05) is 31.2 Å². The van der Waals surface area contributed by atoms with Gasteiger partial charge in [-0.05, 0) is 62.2 Å². The third-order valence-corrected chi connectivity index (χ3v) is 6.68. The van der Waals surface area contributed by atoms with Crippen LogP contribution in [0.2, 0.25) is 0 Å². The lowest BCUT2D eigenvalue weighted by Crippen LogP contribution is -2.24. The molecule has 1 aromatic carbocycles. The maximum atomic E-state index is 13.5. The summed E-state index contributed by atoms with van der Waals surface area (Å²) in [6, 6.07) is 16.1. The van der Waals surface area contributed by atoms with Gasteiger partial charge in [0, 0.05) is 30.9 Å². The van der Waals surface area contributed by atoms with E-state index in [-0.39, 0.29) is 5.91 Å². The van der Waals surface area contributed by atoms with Gasteiger partial charge in [-0.1, -0.05) is 44.2 Å². The van der Waals surface area contributed by atoms with E-state index in [4.69, 9.17) is 10.1 Å². The lowest BCUT2D eigenvalue weighted by Gasteiger charge is -2.18. The normalized spacial score (nSPS) is 13.5. The average molecular weight is 469 g/mol. The van der Waals surface area contributed by atoms with Gasteiger partial charge in [0.05, 0.1) is 16.6 Å². The van der Waals surface area contributed by atoms with Gasteiger partial charge in [-0.3, -0.25) is 9.69 Å². The first kappa shape index (κ1) is 23.2. The summed E-state index contributed by atoms with van der Waals surface area (Å²) in [5.74, 6) is 1.01. The van der Waals surface area contributed by atoms with Crippen molar-refractivity contribution in [3.05, 3.63) is 82.8 Å². The summed E-state index contributed by atoms with van der Waals surface area (Å²) in [6.45, 7) is 9.70. The Morgan fingerprint density at radius 3 is 2.60 bits per heavy atom. The van der Waals surface area contributed by atoms with E-state index < -0.39 is 0 Å². The number of hydrogen-bond donors (Lipinski definition) is 1. The molecule has 7 heteroatoms. The zero-order valence-corrected chi connectivity index (χ0v) is 20.7. The maximum Gasteiger partial charge on any atom is 0.252 e. The van der Waals surface area contributed by atoms with Crippen LogP contribution in [0.25, 0.3) is 16.9 Å². The number of rotatable bonds is 9. The zero-order chi connectivity index (χ0) is 24.4. The molecule has 1 N–H and O–H groups in total. The number of hydrogen-bond acceptors (Lipinski definition) is 5. The smallest absolute Gasteiger partial charge is 0.252 e. The molecule has 0 radical (unpaired) electrons. The molecular weight excluding hydrogens is 436 g/mol. The Bertz CT molecular complexity index is 1340. The van der Waals surface area contributed by atoms with Crippen molar-refractivity contribution in [2.24, 2.45) is 0 Å². The molecule has 0 atom stereocenters. The van der Waals surface area contributed by atoms with Crippen LogP contribution in [0.15, 0.2) is 54.7 Å². The highest BCUT2D eigenvalue weighted by atomic mass is 16.1. The fourth-order valence-electron chi connectivity index (χ4n) is 4.54. The van der Waals surface area contributed by atoms with Gasteiger partial charge < -0.3 is 5.32 Å². The highest BCUT2D eigenvalue weighted by molar-refractivity contribution is 6.06. The van der Waals surface area contributed by atoms with E-state index in [1.165, 1.54) is 5.56 Å². The number of carbonyl (C=O) groups excluding carboxylic acids is 1. The van der Waals surface area contributed by atoms with E-state index in [0.29, 0.717) is 29.5 Å². The standard InChI is InChI=1S/C28H32N6O/c1-4-33(5-2)18-21-10-8-9-20(15-21)17-30-28(35)23-16-24(22-12-13-22)31-27-26(23)19(3)32-34(27)25-11-6-7-14-29-25/h6-11,14-16,22H,4-5,12-13,17-18H2,1-3H3,(H,30,35). The fourth-order valence-corrected chi connectivity index (χ4v) is 4.54. The molecule has 1 saturated carbocycles. The summed E-state index contributed by atoms with van der Waals surface area (Å²) in [4.78, 5) is 25.2. The third-order valence-electron chi connectivity index (χ3n) is 6.68. The fraction of sp³-hybridized carbons (Fsp3) is 0.357. The Morgan fingerprint density at radius 2 is 1.89 bits per heavy atom. The van der Waals surface area contributed by atoms with Crippen LogP contribution in [0.4, 0.5) is 0 Å². The molecule has 5 rings (SSSR count). The van der Waals surface area contributed by atoms with Crippen LogP contribution in [0.5, 0.6) is 0 Å². The van der Waals surface area contributed by atoms with Crippen molar-refractivity contribution >= 4 is 16.9 Å². The Morgan fingerprint density at radius 1 is 1.09 bits per heavy atom. The monoisotopic (exact) mass is 468 g/mol. The number of carbonyl (C=O) groups is 1. The Hall–Kier alpha value is -3.58.